The van der Waals surface area contributed by atoms with Crippen molar-refractivity contribution in [3.63, 3.8) is 0 Å². The fraction of sp³-hybridized carbons (Fsp3) is 0. The summed E-state index contributed by atoms with van der Waals surface area (Å²) in [6.45, 7) is 0. The van der Waals surface area contributed by atoms with Gasteiger partial charge in [0.1, 0.15) is 0 Å². The van der Waals surface area contributed by atoms with Crippen molar-refractivity contribution in [3.8, 4) is 11.3 Å². The quantitative estimate of drug-likeness (QED) is 0.756. The molecule has 2 aromatic rings. The third kappa shape index (κ3) is 1.81. The lowest BCUT2D eigenvalue weighted by Crippen LogP contribution is -1.84. The van der Waals surface area contributed by atoms with E-state index in [2.05, 4.69) is 20.9 Å². The van der Waals surface area contributed by atoms with E-state index in [0.717, 1.165) is 15.7 Å². The average Bonchev–Trinajstić information content (AvgIpc) is 2.19. The average molecular weight is 269 g/mol. The number of aromatic nitrogens is 1. The molecule has 0 unspecified atom stereocenters. The SMILES string of the molecule is Clc1cccc(Br)c1-c1ccccn1. The second kappa shape index (κ2) is 4.11. The molecule has 0 aliphatic heterocycles. The van der Waals surface area contributed by atoms with Crippen LogP contribution in [0.4, 0.5) is 0 Å². The summed E-state index contributed by atoms with van der Waals surface area (Å²) in [7, 11) is 0. The van der Waals surface area contributed by atoms with E-state index >= 15 is 0 Å². The Morgan fingerprint density at radius 3 is 2.57 bits per heavy atom. The fourth-order valence-corrected chi connectivity index (χ4v) is 2.21. The maximum Gasteiger partial charge on any atom is 0.0728 e. The van der Waals surface area contributed by atoms with E-state index < -0.39 is 0 Å². The van der Waals surface area contributed by atoms with E-state index in [1.54, 1.807) is 6.20 Å². The zero-order valence-corrected chi connectivity index (χ0v) is 9.59. The molecule has 1 nitrogen and oxygen atoms in total. The first kappa shape index (κ1) is 9.69. The third-order valence-corrected chi connectivity index (χ3v) is 2.86. The fourth-order valence-electron chi connectivity index (χ4n) is 1.25. The van der Waals surface area contributed by atoms with Gasteiger partial charge < -0.3 is 0 Å². The van der Waals surface area contributed by atoms with Crippen molar-refractivity contribution >= 4 is 27.5 Å². The minimum atomic E-state index is 0.707. The van der Waals surface area contributed by atoms with Gasteiger partial charge in [0.15, 0.2) is 0 Å². The predicted molar refractivity (Wildman–Crippen MR) is 62.4 cm³/mol. The van der Waals surface area contributed by atoms with Gasteiger partial charge in [-0.15, -0.1) is 0 Å². The van der Waals surface area contributed by atoms with E-state index in [1.807, 2.05) is 36.4 Å². The van der Waals surface area contributed by atoms with Gasteiger partial charge in [-0.25, -0.2) is 0 Å². The number of nitrogens with zero attached hydrogens (tertiary/aromatic N) is 1. The first-order chi connectivity index (χ1) is 6.79. The van der Waals surface area contributed by atoms with Gasteiger partial charge in [0.25, 0.3) is 0 Å². The third-order valence-electron chi connectivity index (χ3n) is 1.88. The van der Waals surface area contributed by atoms with Crippen molar-refractivity contribution in [3.05, 3.63) is 52.1 Å². The van der Waals surface area contributed by atoms with Gasteiger partial charge in [-0.05, 0) is 24.3 Å². The molecule has 0 aliphatic carbocycles. The summed E-state index contributed by atoms with van der Waals surface area (Å²) in [5, 5.41) is 0.707. The van der Waals surface area contributed by atoms with Gasteiger partial charge in [0.2, 0.25) is 0 Å². The van der Waals surface area contributed by atoms with Crippen LogP contribution in [0.25, 0.3) is 11.3 Å². The lowest BCUT2D eigenvalue weighted by atomic mass is 10.1. The van der Waals surface area contributed by atoms with Gasteiger partial charge in [-0.3, -0.25) is 4.98 Å². The Bertz CT molecular complexity index is 422. The first-order valence-electron chi connectivity index (χ1n) is 4.14. The van der Waals surface area contributed by atoms with E-state index in [4.69, 9.17) is 11.6 Å². The van der Waals surface area contributed by atoms with Crippen LogP contribution in [0.1, 0.15) is 0 Å². The Morgan fingerprint density at radius 2 is 1.93 bits per heavy atom. The molecular weight excluding hydrogens is 261 g/mol. The topological polar surface area (TPSA) is 12.9 Å². The molecule has 0 saturated carbocycles. The Labute approximate surface area is 95.9 Å². The van der Waals surface area contributed by atoms with Crippen LogP contribution < -0.4 is 0 Å². The van der Waals surface area contributed by atoms with Crippen LogP contribution in [0.5, 0.6) is 0 Å². The summed E-state index contributed by atoms with van der Waals surface area (Å²) >= 11 is 9.55. The molecular formula is C11H7BrClN. The van der Waals surface area contributed by atoms with Crippen molar-refractivity contribution < 1.29 is 0 Å². The Balaban J connectivity index is 2.63. The molecule has 0 spiro atoms. The summed E-state index contributed by atoms with van der Waals surface area (Å²) in [5.74, 6) is 0. The van der Waals surface area contributed by atoms with Crippen LogP contribution in [0.3, 0.4) is 0 Å². The minimum absolute atomic E-state index is 0.707. The molecule has 0 aliphatic rings. The smallest absolute Gasteiger partial charge is 0.0728 e. The van der Waals surface area contributed by atoms with Crippen molar-refractivity contribution in [2.75, 3.05) is 0 Å². The van der Waals surface area contributed by atoms with Crippen molar-refractivity contribution in [2.45, 2.75) is 0 Å². The highest BCUT2D eigenvalue weighted by Crippen LogP contribution is 2.33. The first-order valence-corrected chi connectivity index (χ1v) is 5.31. The van der Waals surface area contributed by atoms with Gasteiger partial charge in [-0.1, -0.05) is 39.7 Å². The molecule has 70 valence electrons. The largest absolute Gasteiger partial charge is 0.256 e. The highest BCUT2D eigenvalue weighted by molar-refractivity contribution is 9.10. The predicted octanol–water partition coefficient (Wildman–Crippen LogP) is 4.16. The zero-order valence-electron chi connectivity index (χ0n) is 7.24. The van der Waals surface area contributed by atoms with Gasteiger partial charge in [-0.2, -0.15) is 0 Å². The standard InChI is InChI=1S/C11H7BrClN/c12-8-4-3-5-9(13)11(8)10-6-1-2-7-14-10/h1-7H. The molecule has 0 N–H and O–H groups in total. The molecule has 2 rings (SSSR count). The number of hydrogen-bond donors (Lipinski definition) is 0. The van der Waals surface area contributed by atoms with Crippen LogP contribution in [-0.2, 0) is 0 Å². The van der Waals surface area contributed by atoms with Crippen LogP contribution in [-0.4, -0.2) is 4.98 Å². The number of rotatable bonds is 1. The van der Waals surface area contributed by atoms with Crippen molar-refractivity contribution in [1.29, 1.82) is 0 Å². The number of hydrogen-bond acceptors (Lipinski definition) is 1. The van der Waals surface area contributed by atoms with Crippen LogP contribution in [0.15, 0.2) is 47.1 Å². The summed E-state index contributed by atoms with van der Waals surface area (Å²) in [6, 6.07) is 11.5. The molecule has 0 bridgehead atoms. The van der Waals surface area contributed by atoms with Crippen molar-refractivity contribution in [1.82, 2.24) is 4.98 Å². The normalized spacial score (nSPS) is 10.1. The lowest BCUT2D eigenvalue weighted by molar-refractivity contribution is 1.32. The second-order valence-corrected chi connectivity index (χ2v) is 4.07. The lowest BCUT2D eigenvalue weighted by Gasteiger charge is -2.05. The molecule has 0 amide bonds. The summed E-state index contributed by atoms with van der Waals surface area (Å²) in [4.78, 5) is 4.26. The molecule has 1 heterocycles. The van der Waals surface area contributed by atoms with E-state index in [1.165, 1.54) is 0 Å². The van der Waals surface area contributed by atoms with Gasteiger partial charge in [0, 0.05) is 16.2 Å². The van der Waals surface area contributed by atoms with E-state index in [9.17, 15) is 0 Å². The summed E-state index contributed by atoms with van der Waals surface area (Å²) in [6.07, 6.45) is 1.76. The molecule has 0 saturated heterocycles. The van der Waals surface area contributed by atoms with E-state index in [-0.39, 0.29) is 0 Å². The van der Waals surface area contributed by atoms with E-state index in [0.29, 0.717) is 5.02 Å². The summed E-state index contributed by atoms with van der Waals surface area (Å²) in [5.41, 5.74) is 1.82. The number of benzene rings is 1. The van der Waals surface area contributed by atoms with Crippen molar-refractivity contribution in [2.24, 2.45) is 0 Å². The Morgan fingerprint density at radius 1 is 1.07 bits per heavy atom. The molecule has 0 fully saturated rings. The molecule has 1 aromatic carbocycles. The highest BCUT2D eigenvalue weighted by Gasteiger charge is 2.07. The maximum atomic E-state index is 6.09. The second-order valence-electron chi connectivity index (χ2n) is 2.81. The van der Waals surface area contributed by atoms with Gasteiger partial charge in [0.05, 0.1) is 10.7 Å². The highest BCUT2D eigenvalue weighted by atomic mass is 79.9. The molecule has 14 heavy (non-hydrogen) atoms. The van der Waals surface area contributed by atoms with Crippen LogP contribution in [0.2, 0.25) is 5.02 Å². The Kier molecular flexibility index (Phi) is 2.85. The zero-order chi connectivity index (χ0) is 9.97. The van der Waals surface area contributed by atoms with Gasteiger partial charge >= 0.3 is 0 Å². The van der Waals surface area contributed by atoms with Crippen LogP contribution >= 0.6 is 27.5 Å². The number of halogens is 2. The monoisotopic (exact) mass is 267 g/mol. The Hall–Kier alpha value is -0.860. The maximum absolute atomic E-state index is 6.09. The van der Waals surface area contributed by atoms with Crippen LogP contribution in [0, 0.1) is 0 Å². The number of pyridine rings is 1. The molecule has 3 heteroatoms. The molecule has 0 radical (unpaired) electrons. The minimum Gasteiger partial charge on any atom is -0.256 e. The molecule has 0 atom stereocenters. The summed E-state index contributed by atoms with van der Waals surface area (Å²) < 4.78 is 0.962. The molecule has 1 aromatic heterocycles.